The van der Waals surface area contributed by atoms with Gasteiger partial charge < -0.3 is 9.90 Å². The highest BCUT2D eigenvalue weighted by Gasteiger charge is 2.13. The summed E-state index contributed by atoms with van der Waals surface area (Å²) in [6.45, 7) is 2.92. The molecule has 0 atom stereocenters. The fraction of sp³-hybridized carbons (Fsp3) is 0.300. The van der Waals surface area contributed by atoms with Gasteiger partial charge in [0.25, 0.3) is 0 Å². The van der Waals surface area contributed by atoms with Crippen molar-refractivity contribution < 1.29 is 18.3 Å². The summed E-state index contributed by atoms with van der Waals surface area (Å²) in [7, 11) is -3.77. The molecular weight excluding hydrogens is 230 g/mol. The van der Waals surface area contributed by atoms with Gasteiger partial charge in [0, 0.05) is 0 Å². The second-order valence-corrected chi connectivity index (χ2v) is 5.21. The van der Waals surface area contributed by atoms with Crippen LogP contribution in [0.2, 0.25) is 0 Å². The Kier molecular flexibility index (Phi) is 3.66. The predicted octanol–water partition coefficient (Wildman–Crippen LogP) is -0.668. The number of rotatable bonds is 4. The minimum Gasteiger partial charge on any atom is -0.549 e. The molecule has 0 saturated carbocycles. The van der Waals surface area contributed by atoms with Crippen LogP contribution in [0.1, 0.15) is 11.1 Å². The van der Waals surface area contributed by atoms with Crippen molar-refractivity contribution in [3.05, 3.63) is 29.3 Å². The van der Waals surface area contributed by atoms with Gasteiger partial charge in [0.05, 0.1) is 17.4 Å². The summed E-state index contributed by atoms with van der Waals surface area (Å²) in [4.78, 5) is 10.2. The van der Waals surface area contributed by atoms with Crippen LogP contribution in [0.4, 0.5) is 0 Å². The molecule has 0 aliphatic heterocycles. The van der Waals surface area contributed by atoms with Crippen molar-refractivity contribution >= 4 is 16.0 Å². The number of hydrogen-bond donors (Lipinski definition) is 1. The quantitative estimate of drug-likeness (QED) is 0.758. The number of aryl methyl sites for hydroxylation is 2. The van der Waals surface area contributed by atoms with Crippen LogP contribution in [-0.2, 0) is 14.8 Å². The molecule has 0 radical (unpaired) electrons. The zero-order valence-corrected chi connectivity index (χ0v) is 9.80. The van der Waals surface area contributed by atoms with Crippen LogP contribution < -0.4 is 9.83 Å². The lowest BCUT2D eigenvalue weighted by molar-refractivity contribution is -0.303. The first-order valence-corrected chi connectivity index (χ1v) is 6.08. The summed E-state index contributed by atoms with van der Waals surface area (Å²) in [5.74, 6) is -1.47. The second kappa shape index (κ2) is 4.63. The fourth-order valence-electron chi connectivity index (χ4n) is 1.12. The van der Waals surface area contributed by atoms with E-state index in [4.69, 9.17) is 0 Å². The van der Waals surface area contributed by atoms with E-state index >= 15 is 0 Å². The van der Waals surface area contributed by atoms with Crippen molar-refractivity contribution in [2.24, 2.45) is 0 Å². The van der Waals surface area contributed by atoms with Gasteiger partial charge in [-0.1, -0.05) is 6.07 Å². The SMILES string of the molecule is Cc1ccc(S(=O)(=O)NCC(=O)[O-])cc1C. The number of carbonyl (C=O) groups is 1. The number of sulfonamides is 1. The topological polar surface area (TPSA) is 86.3 Å². The zero-order chi connectivity index (χ0) is 12.3. The minimum absolute atomic E-state index is 0.0526. The average Bonchev–Trinajstić information content (AvgIpc) is 2.19. The van der Waals surface area contributed by atoms with Gasteiger partial charge in [-0.3, -0.25) is 0 Å². The molecule has 0 spiro atoms. The molecule has 0 bridgehead atoms. The van der Waals surface area contributed by atoms with Crippen LogP contribution in [0, 0.1) is 13.8 Å². The average molecular weight is 242 g/mol. The van der Waals surface area contributed by atoms with Crippen LogP contribution >= 0.6 is 0 Å². The molecule has 1 rings (SSSR count). The third-order valence-electron chi connectivity index (χ3n) is 2.20. The van der Waals surface area contributed by atoms with Crippen molar-refractivity contribution in [1.29, 1.82) is 0 Å². The lowest BCUT2D eigenvalue weighted by atomic mass is 10.1. The molecule has 88 valence electrons. The van der Waals surface area contributed by atoms with E-state index in [-0.39, 0.29) is 4.90 Å². The highest BCUT2D eigenvalue weighted by molar-refractivity contribution is 7.89. The summed E-state index contributed by atoms with van der Waals surface area (Å²) in [5.41, 5.74) is 1.80. The lowest BCUT2D eigenvalue weighted by Gasteiger charge is -2.08. The first kappa shape index (κ1) is 12.7. The first-order valence-electron chi connectivity index (χ1n) is 4.59. The number of carboxylic acid groups (broad SMARTS) is 1. The smallest absolute Gasteiger partial charge is 0.240 e. The van der Waals surface area contributed by atoms with Crippen molar-refractivity contribution in [3.8, 4) is 0 Å². The van der Waals surface area contributed by atoms with Crippen LogP contribution in [0.3, 0.4) is 0 Å². The van der Waals surface area contributed by atoms with Crippen molar-refractivity contribution in [2.75, 3.05) is 6.54 Å². The molecule has 0 unspecified atom stereocenters. The Labute approximate surface area is 94.2 Å². The Morgan fingerprint density at radius 1 is 1.31 bits per heavy atom. The largest absolute Gasteiger partial charge is 0.549 e. The van der Waals surface area contributed by atoms with Gasteiger partial charge in [-0.25, -0.2) is 13.1 Å². The van der Waals surface area contributed by atoms with Crippen LogP contribution in [0.25, 0.3) is 0 Å². The van der Waals surface area contributed by atoms with E-state index in [0.29, 0.717) is 0 Å². The number of carbonyl (C=O) groups excluding carboxylic acids is 1. The molecule has 1 N–H and O–H groups in total. The molecule has 0 fully saturated rings. The molecule has 1 aromatic rings. The lowest BCUT2D eigenvalue weighted by Crippen LogP contribution is -2.37. The third-order valence-corrected chi connectivity index (χ3v) is 3.59. The van der Waals surface area contributed by atoms with E-state index < -0.39 is 22.5 Å². The molecule has 0 saturated heterocycles. The monoisotopic (exact) mass is 242 g/mol. The molecule has 5 nitrogen and oxygen atoms in total. The maximum absolute atomic E-state index is 11.6. The summed E-state index contributed by atoms with van der Waals surface area (Å²) < 4.78 is 25.1. The molecule has 0 aliphatic rings. The Balaban J connectivity index is 2.99. The van der Waals surface area contributed by atoms with Crippen molar-refractivity contribution in [2.45, 2.75) is 18.7 Å². The maximum Gasteiger partial charge on any atom is 0.240 e. The Morgan fingerprint density at radius 2 is 1.94 bits per heavy atom. The molecular formula is C10H12NO4S-. The highest BCUT2D eigenvalue weighted by atomic mass is 32.2. The van der Waals surface area contributed by atoms with E-state index in [0.717, 1.165) is 11.1 Å². The van der Waals surface area contributed by atoms with Gasteiger partial charge in [0.2, 0.25) is 10.0 Å². The number of nitrogens with one attached hydrogen (secondary N) is 1. The summed E-state index contributed by atoms with van der Waals surface area (Å²) >= 11 is 0. The minimum atomic E-state index is -3.77. The number of aliphatic carboxylic acids is 1. The summed E-state index contributed by atoms with van der Waals surface area (Å²) in [6.07, 6.45) is 0. The van der Waals surface area contributed by atoms with Gasteiger partial charge in [-0.05, 0) is 37.1 Å². The molecule has 0 amide bonds. The molecule has 6 heteroatoms. The van der Waals surface area contributed by atoms with Gasteiger partial charge in [-0.15, -0.1) is 0 Å². The zero-order valence-electron chi connectivity index (χ0n) is 8.98. The van der Waals surface area contributed by atoms with E-state index in [1.54, 1.807) is 13.0 Å². The van der Waals surface area contributed by atoms with Gasteiger partial charge >= 0.3 is 0 Å². The fourth-order valence-corrected chi connectivity index (χ4v) is 2.17. The van der Waals surface area contributed by atoms with E-state index in [1.807, 2.05) is 11.6 Å². The molecule has 0 heterocycles. The second-order valence-electron chi connectivity index (χ2n) is 3.44. The van der Waals surface area contributed by atoms with Crippen LogP contribution in [-0.4, -0.2) is 20.9 Å². The van der Waals surface area contributed by atoms with Crippen LogP contribution in [0.15, 0.2) is 23.1 Å². The van der Waals surface area contributed by atoms with Crippen LogP contribution in [0.5, 0.6) is 0 Å². The van der Waals surface area contributed by atoms with Gasteiger partial charge in [0.15, 0.2) is 0 Å². The first-order chi connectivity index (χ1) is 7.33. The Hall–Kier alpha value is -1.40. The van der Waals surface area contributed by atoms with E-state index in [9.17, 15) is 18.3 Å². The predicted molar refractivity (Wildman–Crippen MR) is 56.1 cm³/mol. The molecule has 0 aromatic heterocycles. The normalized spacial score (nSPS) is 11.4. The Morgan fingerprint density at radius 3 is 2.44 bits per heavy atom. The number of carboxylic acids is 1. The number of benzene rings is 1. The van der Waals surface area contributed by atoms with Crippen molar-refractivity contribution in [1.82, 2.24) is 4.72 Å². The van der Waals surface area contributed by atoms with E-state index in [2.05, 4.69) is 0 Å². The molecule has 1 aromatic carbocycles. The highest BCUT2D eigenvalue weighted by Crippen LogP contribution is 2.14. The molecule has 0 aliphatic carbocycles. The standard InChI is InChI=1S/C10H13NO4S/c1-7-3-4-9(5-8(7)2)16(14,15)11-6-10(12)13/h3-5,11H,6H2,1-2H3,(H,12,13)/p-1. The van der Waals surface area contributed by atoms with E-state index in [1.165, 1.54) is 12.1 Å². The maximum atomic E-state index is 11.6. The van der Waals surface area contributed by atoms with Crippen molar-refractivity contribution in [3.63, 3.8) is 0 Å². The van der Waals surface area contributed by atoms with Gasteiger partial charge in [-0.2, -0.15) is 0 Å². The third kappa shape index (κ3) is 3.04. The Bertz CT molecular complexity index is 508. The molecule has 16 heavy (non-hydrogen) atoms. The summed E-state index contributed by atoms with van der Waals surface area (Å²) in [6, 6.07) is 4.59. The number of hydrogen-bond acceptors (Lipinski definition) is 4. The summed E-state index contributed by atoms with van der Waals surface area (Å²) in [5, 5.41) is 10.2. The van der Waals surface area contributed by atoms with Gasteiger partial charge in [0.1, 0.15) is 0 Å².